The number of aryl methyl sites for hydroxylation is 1. The topological polar surface area (TPSA) is 106 Å². The third-order valence-electron chi connectivity index (χ3n) is 5.98. The fourth-order valence-electron chi connectivity index (χ4n) is 4.00. The van der Waals surface area contributed by atoms with Gasteiger partial charge in [-0.2, -0.15) is 4.98 Å². The highest BCUT2D eigenvalue weighted by molar-refractivity contribution is 7.91. The Morgan fingerprint density at radius 3 is 2.39 bits per heavy atom. The Bertz CT molecular complexity index is 1440. The van der Waals surface area contributed by atoms with E-state index in [2.05, 4.69) is 4.98 Å². The first kappa shape index (κ1) is 23.7. The molecule has 2 aromatic carbocycles. The summed E-state index contributed by atoms with van der Waals surface area (Å²) < 4.78 is 43.9. The zero-order valence-corrected chi connectivity index (χ0v) is 20.5. The molecule has 36 heavy (non-hydrogen) atoms. The van der Waals surface area contributed by atoms with Crippen LogP contribution in [0, 0.1) is 6.92 Å². The van der Waals surface area contributed by atoms with Crippen LogP contribution in [0.3, 0.4) is 0 Å². The predicted molar refractivity (Wildman–Crippen MR) is 132 cm³/mol. The van der Waals surface area contributed by atoms with E-state index < -0.39 is 9.84 Å². The number of hydrogen-bond acceptors (Lipinski definition) is 8. The van der Waals surface area contributed by atoms with Crippen LogP contribution in [0.25, 0.3) is 11.7 Å². The number of anilines is 1. The summed E-state index contributed by atoms with van der Waals surface area (Å²) in [5.74, 6) is 1.08. The van der Waals surface area contributed by atoms with Crippen LogP contribution in [-0.2, 0) is 14.6 Å². The molecule has 0 N–H and O–H groups in total. The standard InChI is InChI=1S/C26H25N3O6S/c1-19-8-5-6-11-21(19)34-18-23(30)28-13-15-29(16-14-28)26-25(27-24(35-26)22-12-7-17-33-22)36(31,32)20-9-3-2-4-10-20/h2-12,17H,13-16,18H2,1H3. The van der Waals surface area contributed by atoms with Crippen LogP contribution in [-0.4, -0.2) is 57.0 Å². The largest absolute Gasteiger partial charge is 0.484 e. The third kappa shape index (κ3) is 4.72. The second-order valence-corrected chi connectivity index (χ2v) is 10.2. The lowest BCUT2D eigenvalue weighted by Gasteiger charge is -2.34. The minimum Gasteiger partial charge on any atom is -0.484 e. The van der Waals surface area contributed by atoms with Gasteiger partial charge in [0.2, 0.25) is 20.7 Å². The van der Waals surface area contributed by atoms with Crippen molar-refractivity contribution in [2.75, 3.05) is 37.7 Å². The van der Waals surface area contributed by atoms with Gasteiger partial charge in [-0.1, -0.05) is 36.4 Å². The van der Waals surface area contributed by atoms with Gasteiger partial charge >= 0.3 is 0 Å². The van der Waals surface area contributed by atoms with Crippen LogP contribution in [0.2, 0.25) is 0 Å². The molecule has 2 aromatic heterocycles. The van der Waals surface area contributed by atoms with Crippen molar-refractivity contribution in [3.8, 4) is 17.4 Å². The molecular weight excluding hydrogens is 482 g/mol. The molecule has 0 bridgehead atoms. The van der Waals surface area contributed by atoms with Gasteiger partial charge in [-0.05, 0) is 42.8 Å². The van der Waals surface area contributed by atoms with Gasteiger partial charge in [0, 0.05) is 26.2 Å². The first-order chi connectivity index (χ1) is 17.4. The van der Waals surface area contributed by atoms with Crippen molar-refractivity contribution in [3.05, 3.63) is 78.6 Å². The molecule has 0 atom stereocenters. The Hall–Kier alpha value is -4.05. The number of rotatable bonds is 7. The maximum absolute atomic E-state index is 13.4. The quantitative estimate of drug-likeness (QED) is 0.372. The highest BCUT2D eigenvalue weighted by Crippen LogP contribution is 2.35. The summed E-state index contributed by atoms with van der Waals surface area (Å²) in [5, 5.41) is -0.178. The van der Waals surface area contributed by atoms with Crippen molar-refractivity contribution in [2.45, 2.75) is 16.8 Å². The average Bonchev–Trinajstić information content (AvgIpc) is 3.59. The summed E-state index contributed by atoms with van der Waals surface area (Å²) in [6.45, 7) is 3.38. The van der Waals surface area contributed by atoms with Gasteiger partial charge in [0.05, 0.1) is 11.2 Å². The summed E-state index contributed by atoms with van der Waals surface area (Å²) >= 11 is 0. The van der Waals surface area contributed by atoms with E-state index in [-0.39, 0.29) is 34.2 Å². The number of furan rings is 1. The van der Waals surface area contributed by atoms with Crippen LogP contribution in [0.4, 0.5) is 5.88 Å². The number of carbonyl (C=O) groups is 1. The summed E-state index contributed by atoms with van der Waals surface area (Å²) in [6, 6.07) is 19.0. The molecule has 0 spiro atoms. The molecule has 9 nitrogen and oxygen atoms in total. The summed E-state index contributed by atoms with van der Waals surface area (Å²) in [5.41, 5.74) is 0.958. The number of piperazine rings is 1. The number of amides is 1. The number of aromatic nitrogens is 1. The maximum Gasteiger partial charge on any atom is 0.266 e. The smallest absolute Gasteiger partial charge is 0.266 e. The van der Waals surface area contributed by atoms with Crippen molar-refractivity contribution in [2.24, 2.45) is 0 Å². The maximum atomic E-state index is 13.4. The number of carbonyl (C=O) groups excluding carboxylic acids is 1. The van der Waals surface area contributed by atoms with E-state index in [1.165, 1.54) is 18.4 Å². The van der Waals surface area contributed by atoms with E-state index in [9.17, 15) is 13.2 Å². The molecule has 1 saturated heterocycles. The van der Waals surface area contributed by atoms with E-state index in [1.807, 2.05) is 31.2 Å². The van der Waals surface area contributed by atoms with Gasteiger partial charge in [-0.3, -0.25) is 4.79 Å². The van der Waals surface area contributed by atoms with Crippen molar-refractivity contribution >= 4 is 21.6 Å². The number of hydrogen-bond donors (Lipinski definition) is 0. The number of para-hydroxylation sites is 1. The first-order valence-corrected chi connectivity index (χ1v) is 13.0. The van der Waals surface area contributed by atoms with Crippen LogP contribution in [0.1, 0.15) is 5.56 Å². The number of oxazole rings is 1. The Balaban J connectivity index is 1.34. The fraction of sp³-hybridized carbons (Fsp3) is 0.231. The lowest BCUT2D eigenvalue weighted by Crippen LogP contribution is -2.50. The SMILES string of the molecule is Cc1ccccc1OCC(=O)N1CCN(c2oc(-c3ccco3)nc2S(=O)(=O)c2ccccc2)CC1. The number of nitrogens with zero attached hydrogens (tertiary/aromatic N) is 3. The second-order valence-electron chi connectivity index (χ2n) is 8.35. The van der Waals surface area contributed by atoms with Crippen molar-refractivity contribution in [1.29, 1.82) is 0 Å². The lowest BCUT2D eigenvalue weighted by atomic mass is 10.2. The fourth-order valence-corrected chi connectivity index (χ4v) is 5.34. The monoisotopic (exact) mass is 507 g/mol. The number of ether oxygens (including phenoxy) is 1. The predicted octanol–water partition coefficient (Wildman–Crippen LogP) is 3.80. The normalized spacial score (nSPS) is 14.1. The van der Waals surface area contributed by atoms with Gasteiger partial charge in [0.25, 0.3) is 11.8 Å². The zero-order valence-electron chi connectivity index (χ0n) is 19.7. The molecule has 0 radical (unpaired) electrons. The molecule has 10 heteroatoms. The zero-order chi connectivity index (χ0) is 25.1. The summed E-state index contributed by atoms with van der Waals surface area (Å²) in [6.07, 6.45) is 1.47. The minimum absolute atomic E-state index is 0.0660. The van der Waals surface area contributed by atoms with E-state index in [0.717, 1.165) is 5.56 Å². The van der Waals surface area contributed by atoms with E-state index in [0.29, 0.717) is 37.7 Å². The molecule has 3 heterocycles. The molecule has 1 fully saturated rings. The molecule has 0 saturated carbocycles. The van der Waals surface area contributed by atoms with E-state index >= 15 is 0 Å². The second kappa shape index (κ2) is 9.90. The Labute approximate surface area is 208 Å². The van der Waals surface area contributed by atoms with Gasteiger partial charge in [-0.25, -0.2) is 8.42 Å². The summed E-state index contributed by atoms with van der Waals surface area (Å²) in [7, 11) is -3.95. The van der Waals surface area contributed by atoms with Crippen LogP contribution in [0.15, 0.2) is 91.7 Å². The van der Waals surface area contributed by atoms with Crippen LogP contribution >= 0.6 is 0 Å². The van der Waals surface area contributed by atoms with Crippen molar-refractivity contribution in [3.63, 3.8) is 0 Å². The van der Waals surface area contributed by atoms with Gasteiger partial charge in [-0.15, -0.1) is 0 Å². The molecule has 1 aliphatic rings. The van der Waals surface area contributed by atoms with Crippen LogP contribution in [0.5, 0.6) is 5.75 Å². The van der Waals surface area contributed by atoms with Gasteiger partial charge in [0.15, 0.2) is 12.4 Å². The molecule has 1 aliphatic heterocycles. The molecular formula is C26H25N3O6S. The lowest BCUT2D eigenvalue weighted by molar-refractivity contribution is -0.133. The molecule has 0 unspecified atom stereocenters. The van der Waals surface area contributed by atoms with Crippen molar-refractivity contribution < 1.29 is 26.8 Å². The third-order valence-corrected chi connectivity index (χ3v) is 7.65. The molecule has 1 amide bonds. The van der Waals surface area contributed by atoms with E-state index in [1.54, 1.807) is 40.1 Å². The molecule has 0 aliphatic carbocycles. The van der Waals surface area contributed by atoms with Crippen LogP contribution < -0.4 is 9.64 Å². The minimum atomic E-state index is -3.95. The highest BCUT2D eigenvalue weighted by atomic mass is 32.2. The van der Waals surface area contributed by atoms with Gasteiger partial charge < -0.3 is 23.4 Å². The number of benzene rings is 2. The van der Waals surface area contributed by atoms with Crippen molar-refractivity contribution in [1.82, 2.24) is 9.88 Å². The Morgan fingerprint density at radius 2 is 1.69 bits per heavy atom. The Kier molecular flexibility index (Phi) is 6.51. The van der Waals surface area contributed by atoms with E-state index in [4.69, 9.17) is 13.6 Å². The summed E-state index contributed by atoms with van der Waals surface area (Å²) in [4.78, 5) is 20.7. The average molecular weight is 508 g/mol. The highest BCUT2D eigenvalue weighted by Gasteiger charge is 2.34. The number of sulfone groups is 1. The first-order valence-electron chi connectivity index (χ1n) is 11.5. The molecule has 4 aromatic rings. The molecule has 186 valence electrons. The Morgan fingerprint density at radius 1 is 0.972 bits per heavy atom. The van der Waals surface area contributed by atoms with Gasteiger partial charge in [0.1, 0.15) is 5.75 Å². The molecule has 5 rings (SSSR count).